The molecule has 0 aliphatic rings. The van der Waals surface area contributed by atoms with Gasteiger partial charge < -0.3 is 14.4 Å². The summed E-state index contributed by atoms with van der Waals surface area (Å²) in [6.07, 6.45) is 18.7. The number of carbonyl (C=O) groups is 1. The van der Waals surface area contributed by atoms with Gasteiger partial charge in [-0.2, -0.15) is 0 Å². The highest BCUT2D eigenvalue weighted by molar-refractivity contribution is 5.60. The molecule has 0 N–H and O–H groups in total. The molecule has 0 saturated carbocycles. The van der Waals surface area contributed by atoms with Crippen molar-refractivity contribution in [2.24, 2.45) is 0 Å². The molecule has 0 aliphatic carbocycles. The summed E-state index contributed by atoms with van der Waals surface area (Å²) in [7, 11) is 4.75. The standard InChI is InChI=1S/C19H42N.C2H4O2/c1-5-7-8-9-10-11-12-13-14-15-16-17-19-20(3,4)18-6-2;1-2(3)4/h5-19H2,1-4H3;1H3,(H,3,4)/q+1;/p-1. The van der Waals surface area contributed by atoms with Crippen molar-refractivity contribution in [2.75, 3.05) is 27.2 Å². The van der Waals surface area contributed by atoms with E-state index in [1.54, 1.807) is 0 Å². The third-order valence-electron chi connectivity index (χ3n) is 4.45. The van der Waals surface area contributed by atoms with Crippen LogP contribution in [0, 0.1) is 0 Å². The number of rotatable bonds is 15. The van der Waals surface area contributed by atoms with Crippen LogP contribution in [0.1, 0.15) is 104 Å². The minimum absolute atomic E-state index is 0.972. The van der Waals surface area contributed by atoms with Crippen molar-refractivity contribution < 1.29 is 14.4 Å². The van der Waals surface area contributed by atoms with Crippen LogP contribution in [-0.4, -0.2) is 37.6 Å². The third-order valence-corrected chi connectivity index (χ3v) is 4.45. The molecule has 0 atom stereocenters. The second-order valence-electron chi connectivity index (χ2n) is 7.76. The van der Waals surface area contributed by atoms with Gasteiger partial charge in [0.2, 0.25) is 0 Å². The zero-order valence-electron chi connectivity index (χ0n) is 17.4. The molecule has 0 heterocycles. The van der Waals surface area contributed by atoms with Gasteiger partial charge in [-0.3, -0.25) is 0 Å². The van der Waals surface area contributed by atoms with Crippen LogP contribution in [-0.2, 0) is 4.79 Å². The summed E-state index contributed by atoms with van der Waals surface area (Å²) >= 11 is 0. The van der Waals surface area contributed by atoms with Crippen molar-refractivity contribution in [3.05, 3.63) is 0 Å². The van der Waals surface area contributed by atoms with Gasteiger partial charge in [0.25, 0.3) is 0 Å². The predicted octanol–water partition coefficient (Wildman–Crippen LogP) is 4.93. The van der Waals surface area contributed by atoms with Crippen LogP contribution in [0.5, 0.6) is 0 Å². The molecule has 0 aliphatic heterocycles. The fourth-order valence-electron chi connectivity index (χ4n) is 3.10. The van der Waals surface area contributed by atoms with Crippen molar-refractivity contribution in [3.8, 4) is 0 Å². The number of nitrogens with zero attached hydrogens (tertiary/aromatic N) is 1. The highest BCUT2D eigenvalue weighted by Crippen LogP contribution is 2.12. The van der Waals surface area contributed by atoms with E-state index >= 15 is 0 Å². The summed E-state index contributed by atoms with van der Waals surface area (Å²) in [5.74, 6) is -1.08. The first-order valence-corrected chi connectivity index (χ1v) is 10.3. The summed E-state index contributed by atoms with van der Waals surface area (Å²) in [5.41, 5.74) is 0. The van der Waals surface area contributed by atoms with E-state index in [-0.39, 0.29) is 0 Å². The van der Waals surface area contributed by atoms with E-state index in [0.29, 0.717) is 0 Å². The number of hydrogen-bond donors (Lipinski definition) is 0. The van der Waals surface area contributed by atoms with E-state index in [1.165, 1.54) is 101 Å². The third kappa shape index (κ3) is 26.3. The fourth-order valence-corrected chi connectivity index (χ4v) is 3.10. The number of quaternary nitrogens is 1. The fraction of sp³-hybridized carbons (Fsp3) is 0.952. The average Bonchev–Trinajstić information content (AvgIpc) is 2.47. The van der Waals surface area contributed by atoms with Gasteiger partial charge in [0.15, 0.2) is 0 Å². The molecule has 3 nitrogen and oxygen atoms in total. The van der Waals surface area contributed by atoms with E-state index in [0.717, 1.165) is 6.92 Å². The van der Waals surface area contributed by atoms with Crippen LogP contribution in [0.3, 0.4) is 0 Å². The highest BCUT2D eigenvalue weighted by atomic mass is 16.4. The van der Waals surface area contributed by atoms with Gasteiger partial charge in [-0.1, -0.05) is 78.1 Å². The molecular formula is C21H45NO2. The van der Waals surface area contributed by atoms with E-state index < -0.39 is 5.97 Å². The monoisotopic (exact) mass is 343 g/mol. The minimum Gasteiger partial charge on any atom is -0.550 e. The van der Waals surface area contributed by atoms with Crippen LogP contribution >= 0.6 is 0 Å². The van der Waals surface area contributed by atoms with E-state index in [9.17, 15) is 0 Å². The first kappa shape index (κ1) is 25.7. The smallest absolute Gasteiger partial charge is 0.0782 e. The summed E-state index contributed by atoms with van der Waals surface area (Å²) < 4.78 is 1.22. The molecule has 0 bridgehead atoms. The van der Waals surface area contributed by atoms with E-state index in [4.69, 9.17) is 9.90 Å². The molecule has 0 aromatic rings. The number of unbranched alkanes of at least 4 members (excludes halogenated alkanes) is 11. The maximum Gasteiger partial charge on any atom is 0.0782 e. The van der Waals surface area contributed by atoms with Crippen LogP contribution in [0.4, 0.5) is 0 Å². The number of carboxylic acids is 1. The topological polar surface area (TPSA) is 40.1 Å². The van der Waals surface area contributed by atoms with Gasteiger partial charge in [0.05, 0.1) is 27.2 Å². The lowest BCUT2D eigenvalue weighted by atomic mass is 10.1. The number of hydrogen-bond acceptors (Lipinski definition) is 2. The average molecular weight is 344 g/mol. The molecule has 146 valence electrons. The first-order valence-electron chi connectivity index (χ1n) is 10.3. The van der Waals surface area contributed by atoms with E-state index in [2.05, 4.69) is 27.9 Å². The molecule has 0 radical (unpaired) electrons. The van der Waals surface area contributed by atoms with Crippen LogP contribution < -0.4 is 5.11 Å². The maximum atomic E-state index is 8.89. The van der Waals surface area contributed by atoms with Crippen LogP contribution in [0.25, 0.3) is 0 Å². The Morgan fingerprint density at radius 1 is 0.667 bits per heavy atom. The lowest BCUT2D eigenvalue weighted by Gasteiger charge is -2.29. The number of carboxylic acid groups (broad SMARTS) is 1. The second-order valence-corrected chi connectivity index (χ2v) is 7.76. The Bertz CT molecular complexity index is 261. The van der Waals surface area contributed by atoms with Crippen molar-refractivity contribution >= 4 is 5.97 Å². The molecule has 0 saturated heterocycles. The van der Waals surface area contributed by atoms with Gasteiger partial charge >= 0.3 is 0 Å². The molecule has 0 amide bonds. The molecule has 0 spiro atoms. The highest BCUT2D eigenvalue weighted by Gasteiger charge is 2.11. The SMILES string of the molecule is CC(=O)[O-].CCCCCCCCCCCCCC[N+](C)(C)CCC. The molecule has 0 aromatic carbocycles. The van der Waals surface area contributed by atoms with Crippen LogP contribution in [0.15, 0.2) is 0 Å². The van der Waals surface area contributed by atoms with Gasteiger partial charge in [-0.15, -0.1) is 0 Å². The number of carbonyl (C=O) groups excluding carboxylic acids is 1. The molecule has 24 heavy (non-hydrogen) atoms. The van der Waals surface area contributed by atoms with Gasteiger partial charge in [-0.05, 0) is 26.2 Å². The lowest BCUT2D eigenvalue weighted by Crippen LogP contribution is -2.40. The molecule has 0 fully saturated rings. The molecule has 0 rings (SSSR count). The van der Waals surface area contributed by atoms with E-state index in [1.807, 2.05) is 0 Å². The van der Waals surface area contributed by atoms with Crippen LogP contribution in [0.2, 0.25) is 0 Å². The van der Waals surface area contributed by atoms with Gasteiger partial charge in [0.1, 0.15) is 0 Å². The van der Waals surface area contributed by atoms with Crippen molar-refractivity contribution in [3.63, 3.8) is 0 Å². The van der Waals surface area contributed by atoms with Crippen molar-refractivity contribution in [1.82, 2.24) is 0 Å². The zero-order chi connectivity index (χ0) is 18.7. The molecule has 3 heteroatoms. The zero-order valence-corrected chi connectivity index (χ0v) is 17.4. The Balaban J connectivity index is 0. The quantitative estimate of drug-likeness (QED) is 0.312. The largest absolute Gasteiger partial charge is 0.550 e. The predicted molar refractivity (Wildman–Crippen MR) is 104 cm³/mol. The first-order chi connectivity index (χ1) is 11.4. The number of aliphatic carboxylic acids is 1. The lowest BCUT2D eigenvalue weighted by molar-refractivity contribution is -0.890. The maximum absolute atomic E-state index is 8.89. The summed E-state index contributed by atoms with van der Waals surface area (Å²) in [4.78, 5) is 8.89. The Hall–Kier alpha value is -0.570. The van der Waals surface area contributed by atoms with Crippen molar-refractivity contribution in [1.29, 1.82) is 0 Å². The molecule has 0 aromatic heterocycles. The van der Waals surface area contributed by atoms with Gasteiger partial charge in [0, 0.05) is 5.97 Å². The van der Waals surface area contributed by atoms with Crippen molar-refractivity contribution in [2.45, 2.75) is 104 Å². The summed E-state index contributed by atoms with van der Waals surface area (Å²) in [6.45, 7) is 8.26. The summed E-state index contributed by atoms with van der Waals surface area (Å²) in [5, 5.41) is 8.89. The Morgan fingerprint density at radius 3 is 1.33 bits per heavy atom. The normalized spacial score (nSPS) is 11.0. The van der Waals surface area contributed by atoms with Gasteiger partial charge in [-0.25, -0.2) is 0 Å². The summed E-state index contributed by atoms with van der Waals surface area (Å²) in [6, 6.07) is 0. The Kier molecular flexibility index (Phi) is 20.1. The Morgan fingerprint density at radius 2 is 1.00 bits per heavy atom. The minimum atomic E-state index is -1.08. The molecule has 0 unspecified atom stereocenters. The molecular weight excluding hydrogens is 298 g/mol. The second kappa shape index (κ2) is 18.8. The Labute approximate surface area is 152 Å².